The van der Waals surface area contributed by atoms with E-state index in [9.17, 15) is 4.79 Å². The van der Waals surface area contributed by atoms with Crippen molar-refractivity contribution in [1.29, 1.82) is 0 Å². The maximum atomic E-state index is 11.9. The van der Waals surface area contributed by atoms with Crippen molar-refractivity contribution in [1.82, 2.24) is 20.8 Å². The number of carbonyl (C=O) groups is 1. The summed E-state index contributed by atoms with van der Waals surface area (Å²) in [4.78, 5) is 16.0. The molecular weight excluding hydrogens is 280 g/mol. The standard InChI is InChI=1S/C13H20N4O2.ClH/c1-8-15-12(17-19-8)7-14-13(18)6-9-4-10-2-3-11(5-9)16-10;/h9-11,16H,2-7H2,1H3,(H,14,18);1H. The molecule has 3 heterocycles. The maximum Gasteiger partial charge on any atom is 0.223 e. The number of hydrogen-bond acceptors (Lipinski definition) is 5. The fraction of sp³-hybridized carbons (Fsp3) is 0.769. The minimum absolute atomic E-state index is 0. The number of aryl methyl sites for hydroxylation is 1. The Hall–Kier alpha value is -1.14. The number of nitrogens with zero attached hydrogens (tertiary/aromatic N) is 2. The highest BCUT2D eigenvalue weighted by molar-refractivity contribution is 5.85. The van der Waals surface area contributed by atoms with Gasteiger partial charge in [-0.05, 0) is 31.6 Å². The van der Waals surface area contributed by atoms with E-state index in [1.165, 1.54) is 12.8 Å². The highest BCUT2D eigenvalue weighted by Gasteiger charge is 2.34. The number of halogens is 1. The molecule has 0 spiro atoms. The largest absolute Gasteiger partial charge is 0.349 e. The van der Waals surface area contributed by atoms with Crippen LogP contribution in [0.3, 0.4) is 0 Å². The highest BCUT2D eigenvalue weighted by atomic mass is 35.5. The Morgan fingerprint density at radius 3 is 2.70 bits per heavy atom. The third-order valence-electron chi connectivity index (χ3n) is 4.06. The Labute approximate surface area is 124 Å². The fourth-order valence-corrected chi connectivity index (χ4v) is 3.27. The first kappa shape index (κ1) is 15.3. The summed E-state index contributed by atoms with van der Waals surface area (Å²) in [7, 11) is 0. The molecule has 0 aromatic carbocycles. The average Bonchev–Trinajstić information content (AvgIpc) is 2.93. The zero-order valence-corrected chi connectivity index (χ0v) is 12.4. The molecule has 0 radical (unpaired) electrons. The normalized spacial score (nSPS) is 27.9. The zero-order chi connectivity index (χ0) is 13.2. The van der Waals surface area contributed by atoms with Gasteiger partial charge in [-0.3, -0.25) is 4.79 Å². The Morgan fingerprint density at radius 2 is 2.10 bits per heavy atom. The lowest BCUT2D eigenvalue weighted by atomic mass is 9.89. The van der Waals surface area contributed by atoms with Gasteiger partial charge in [0.05, 0.1) is 6.54 Å². The number of fused-ring (bicyclic) bond motifs is 2. The van der Waals surface area contributed by atoms with E-state index in [-0.39, 0.29) is 18.3 Å². The van der Waals surface area contributed by atoms with Crippen LogP contribution in [0.15, 0.2) is 4.52 Å². The molecule has 2 bridgehead atoms. The highest BCUT2D eigenvalue weighted by Crippen LogP contribution is 2.32. The Kier molecular flexibility index (Phi) is 4.99. The summed E-state index contributed by atoms with van der Waals surface area (Å²) < 4.78 is 4.86. The summed E-state index contributed by atoms with van der Waals surface area (Å²) in [5.74, 6) is 1.68. The number of nitrogens with one attached hydrogen (secondary N) is 2. The lowest BCUT2D eigenvalue weighted by Gasteiger charge is -2.28. The number of piperidine rings is 1. The summed E-state index contributed by atoms with van der Waals surface area (Å²) in [5.41, 5.74) is 0. The third kappa shape index (κ3) is 3.70. The van der Waals surface area contributed by atoms with Gasteiger partial charge < -0.3 is 15.2 Å². The second-order valence-electron chi connectivity index (χ2n) is 5.69. The van der Waals surface area contributed by atoms with Crippen LogP contribution in [-0.2, 0) is 11.3 Å². The van der Waals surface area contributed by atoms with Crippen LogP contribution in [0, 0.1) is 12.8 Å². The maximum absolute atomic E-state index is 11.9. The molecule has 2 aliphatic rings. The molecule has 2 aliphatic heterocycles. The quantitative estimate of drug-likeness (QED) is 0.877. The predicted octanol–water partition coefficient (Wildman–Crippen LogP) is 1.34. The van der Waals surface area contributed by atoms with Crippen LogP contribution in [0.4, 0.5) is 0 Å². The van der Waals surface area contributed by atoms with Gasteiger partial charge in [-0.15, -0.1) is 12.4 Å². The zero-order valence-electron chi connectivity index (χ0n) is 11.6. The van der Waals surface area contributed by atoms with E-state index in [1.807, 2.05) is 0 Å². The molecule has 0 saturated carbocycles. The van der Waals surface area contributed by atoms with Gasteiger partial charge in [-0.1, -0.05) is 5.16 Å². The monoisotopic (exact) mass is 300 g/mol. The van der Waals surface area contributed by atoms with Crippen molar-refractivity contribution in [2.24, 2.45) is 5.92 Å². The van der Waals surface area contributed by atoms with Crippen LogP contribution in [0.1, 0.15) is 43.8 Å². The number of rotatable bonds is 4. The summed E-state index contributed by atoms with van der Waals surface area (Å²) in [6.07, 6.45) is 5.41. The summed E-state index contributed by atoms with van der Waals surface area (Å²) in [6, 6.07) is 1.27. The topological polar surface area (TPSA) is 80.0 Å². The van der Waals surface area contributed by atoms with Gasteiger partial charge in [0.1, 0.15) is 0 Å². The second kappa shape index (κ2) is 6.54. The van der Waals surface area contributed by atoms with Gasteiger partial charge in [-0.25, -0.2) is 0 Å². The van der Waals surface area contributed by atoms with E-state index in [2.05, 4.69) is 20.8 Å². The molecule has 2 saturated heterocycles. The molecule has 6 nitrogen and oxygen atoms in total. The molecule has 112 valence electrons. The van der Waals surface area contributed by atoms with E-state index in [0.29, 0.717) is 42.7 Å². The van der Waals surface area contributed by atoms with Gasteiger partial charge in [0, 0.05) is 25.4 Å². The lowest BCUT2D eigenvalue weighted by Crippen LogP contribution is -2.39. The smallest absolute Gasteiger partial charge is 0.223 e. The van der Waals surface area contributed by atoms with Crippen molar-refractivity contribution in [3.63, 3.8) is 0 Å². The molecule has 1 aromatic heterocycles. The van der Waals surface area contributed by atoms with E-state index in [1.54, 1.807) is 6.92 Å². The van der Waals surface area contributed by atoms with E-state index >= 15 is 0 Å². The first-order valence-electron chi connectivity index (χ1n) is 7.01. The van der Waals surface area contributed by atoms with E-state index < -0.39 is 0 Å². The average molecular weight is 301 g/mol. The Morgan fingerprint density at radius 1 is 1.40 bits per heavy atom. The van der Waals surface area contributed by atoms with Crippen molar-refractivity contribution in [2.75, 3.05) is 0 Å². The number of aromatic nitrogens is 2. The van der Waals surface area contributed by atoms with Gasteiger partial charge in [0.15, 0.2) is 5.82 Å². The van der Waals surface area contributed by atoms with Gasteiger partial charge >= 0.3 is 0 Å². The van der Waals surface area contributed by atoms with Gasteiger partial charge in [0.2, 0.25) is 11.8 Å². The lowest BCUT2D eigenvalue weighted by molar-refractivity contribution is -0.122. The van der Waals surface area contributed by atoms with Crippen molar-refractivity contribution < 1.29 is 9.32 Å². The van der Waals surface area contributed by atoms with Crippen LogP contribution < -0.4 is 10.6 Å². The number of hydrogen-bond donors (Lipinski definition) is 2. The Balaban J connectivity index is 0.00000147. The molecule has 2 atom stereocenters. The molecule has 2 N–H and O–H groups in total. The molecule has 2 unspecified atom stereocenters. The molecule has 7 heteroatoms. The summed E-state index contributed by atoms with van der Waals surface area (Å²) in [5, 5.41) is 10.2. The van der Waals surface area contributed by atoms with Crippen LogP contribution in [0.5, 0.6) is 0 Å². The van der Waals surface area contributed by atoms with Crippen LogP contribution >= 0.6 is 12.4 Å². The molecule has 0 aliphatic carbocycles. The molecule has 3 rings (SSSR count). The number of amides is 1. The minimum atomic E-state index is 0. The van der Waals surface area contributed by atoms with Gasteiger partial charge in [0.25, 0.3) is 0 Å². The summed E-state index contributed by atoms with van der Waals surface area (Å²) in [6.45, 7) is 2.09. The van der Waals surface area contributed by atoms with Crippen molar-refractivity contribution in [2.45, 2.75) is 57.7 Å². The second-order valence-corrected chi connectivity index (χ2v) is 5.69. The fourth-order valence-electron chi connectivity index (χ4n) is 3.27. The summed E-state index contributed by atoms with van der Waals surface area (Å²) >= 11 is 0. The predicted molar refractivity (Wildman–Crippen MR) is 75.4 cm³/mol. The van der Waals surface area contributed by atoms with E-state index in [4.69, 9.17) is 4.52 Å². The SMILES string of the molecule is Cc1nc(CNC(=O)CC2CC3CCC(C2)N3)no1.Cl. The molecule has 1 aromatic rings. The molecule has 20 heavy (non-hydrogen) atoms. The van der Waals surface area contributed by atoms with Gasteiger partial charge in [-0.2, -0.15) is 4.98 Å². The van der Waals surface area contributed by atoms with Crippen LogP contribution in [-0.4, -0.2) is 28.1 Å². The number of carbonyl (C=O) groups excluding carboxylic acids is 1. The van der Waals surface area contributed by atoms with Crippen molar-refractivity contribution >= 4 is 18.3 Å². The van der Waals surface area contributed by atoms with Crippen molar-refractivity contribution in [3.05, 3.63) is 11.7 Å². The Bertz CT molecular complexity index is 453. The molecule has 1 amide bonds. The molecule has 2 fully saturated rings. The van der Waals surface area contributed by atoms with Crippen molar-refractivity contribution in [3.8, 4) is 0 Å². The first-order chi connectivity index (χ1) is 9.19. The third-order valence-corrected chi connectivity index (χ3v) is 4.06. The molecular formula is C13H21ClN4O2. The van der Waals surface area contributed by atoms with Crippen LogP contribution in [0.25, 0.3) is 0 Å². The first-order valence-corrected chi connectivity index (χ1v) is 7.01. The minimum Gasteiger partial charge on any atom is -0.349 e. The van der Waals surface area contributed by atoms with Crippen LogP contribution in [0.2, 0.25) is 0 Å². The van der Waals surface area contributed by atoms with E-state index in [0.717, 1.165) is 12.8 Å².